The number of halogens is 1. The second-order valence-corrected chi connectivity index (χ2v) is 7.05. The molecule has 1 aromatic carbocycles. The van der Waals surface area contributed by atoms with Crippen molar-refractivity contribution in [2.75, 3.05) is 13.1 Å². The first kappa shape index (κ1) is 17.0. The van der Waals surface area contributed by atoms with Crippen molar-refractivity contribution in [3.8, 4) is 11.3 Å². The van der Waals surface area contributed by atoms with Crippen molar-refractivity contribution in [3.05, 3.63) is 51.5 Å². The van der Waals surface area contributed by atoms with Gasteiger partial charge in [0, 0.05) is 29.2 Å². The molecule has 1 amide bonds. The van der Waals surface area contributed by atoms with E-state index in [9.17, 15) is 4.79 Å². The van der Waals surface area contributed by atoms with Crippen LogP contribution in [0, 0.1) is 0 Å². The first-order valence-electron chi connectivity index (χ1n) is 7.74. The minimum Gasteiger partial charge on any atom is -0.457 e. The van der Waals surface area contributed by atoms with Gasteiger partial charge in [0.25, 0.3) is 5.91 Å². The number of amidine groups is 1. The number of nitrogens with zero attached hydrogens (tertiary/aromatic N) is 2. The SMILES string of the molecule is CCN=C1S/C(=C\c2ccc(-c3ccc(Br)cc3)o2)C(=O)N1CC. The van der Waals surface area contributed by atoms with Crippen molar-refractivity contribution in [2.24, 2.45) is 4.99 Å². The lowest BCUT2D eigenvalue weighted by Gasteiger charge is -2.11. The van der Waals surface area contributed by atoms with E-state index in [1.165, 1.54) is 11.8 Å². The molecule has 0 unspecified atom stereocenters. The Bertz CT molecular complexity index is 809. The fraction of sp³-hybridized carbons (Fsp3) is 0.222. The number of carbonyl (C=O) groups excluding carboxylic acids is 1. The van der Waals surface area contributed by atoms with Gasteiger partial charge in [-0.2, -0.15) is 0 Å². The van der Waals surface area contributed by atoms with E-state index < -0.39 is 0 Å². The molecular formula is C18H17BrN2O2S. The molecule has 1 aliphatic heterocycles. The van der Waals surface area contributed by atoms with Crippen LogP contribution in [0.2, 0.25) is 0 Å². The van der Waals surface area contributed by atoms with Gasteiger partial charge in [-0.3, -0.25) is 14.7 Å². The molecule has 0 bridgehead atoms. The molecule has 0 spiro atoms. The number of hydrogen-bond donors (Lipinski definition) is 0. The lowest BCUT2D eigenvalue weighted by Crippen LogP contribution is -2.28. The fourth-order valence-corrected chi connectivity index (χ4v) is 3.72. The van der Waals surface area contributed by atoms with E-state index in [-0.39, 0.29) is 5.91 Å². The molecule has 1 fully saturated rings. The standard InChI is InChI=1S/C18H17BrN2O2S/c1-3-20-18-21(4-2)17(22)16(24-18)11-14-9-10-15(23-14)12-5-7-13(19)8-6-12/h5-11H,3-4H2,1-2H3/b16-11-,20-18?. The van der Waals surface area contributed by atoms with Crippen LogP contribution in [-0.4, -0.2) is 29.1 Å². The van der Waals surface area contributed by atoms with Crippen molar-refractivity contribution in [1.29, 1.82) is 0 Å². The van der Waals surface area contributed by atoms with E-state index in [0.29, 0.717) is 23.8 Å². The summed E-state index contributed by atoms with van der Waals surface area (Å²) >= 11 is 4.82. The molecule has 1 saturated heterocycles. The summed E-state index contributed by atoms with van der Waals surface area (Å²) < 4.78 is 6.89. The van der Waals surface area contributed by atoms with Gasteiger partial charge in [0.1, 0.15) is 11.5 Å². The van der Waals surface area contributed by atoms with Gasteiger partial charge in [-0.25, -0.2) is 0 Å². The topological polar surface area (TPSA) is 45.8 Å². The molecule has 2 aromatic rings. The molecular weight excluding hydrogens is 388 g/mol. The summed E-state index contributed by atoms with van der Waals surface area (Å²) in [5.74, 6) is 1.42. The Morgan fingerprint density at radius 1 is 1.21 bits per heavy atom. The summed E-state index contributed by atoms with van der Waals surface area (Å²) in [5.41, 5.74) is 0.997. The third-order valence-corrected chi connectivity index (χ3v) is 5.10. The highest BCUT2D eigenvalue weighted by Gasteiger charge is 2.32. The van der Waals surface area contributed by atoms with Crippen molar-refractivity contribution in [3.63, 3.8) is 0 Å². The monoisotopic (exact) mass is 404 g/mol. The quantitative estimate of drug-likeness (QED) is 0.671. The fourth-order valence-electron chi connectivity index (χ4n) is 2.37. The largest absolute Gasteiger partial charge is 0.457 e. The predicted octanol–water partition coefficient (Wildman–Crippen LogP) is 5.02. The number of likely N-dealkylation sites (N-methyl/N-ethyl adjacent to an activating group) is 1. The van der Waals surface area contributed by atoms with Crippen LogP contribution in [0.3, 0.4) is 0 Å². The van der Waals surface area contributed by atoms with E-state index in [1.54, 1.807) is 11.0 Å². The van der Waals surface area contributed by atoms with E-state index in [4.69, 9.17) is 4.42 Å². The number of thioether (sulfide) groups is 1. The summed E-state index contributed by atoms with van der Waals surface area (Å²) in [6.45, 7) is 5.19. The van der Waals surface area contributed by atoms with Gasteiger partial charge in [-0.15, -0.1) is 0 Å². The van der Waals surface area contributed by atoms with Crippen LogP contribution >= 0.6 is 27.7 Å². The van der Waals surface area contributed by atoms with E-state index in [1.807, 2.05) is 50.2 Å². The molecule has 0 atom stereocenters. The maximum absolute atomic E-state index is 12.4. The summed E-state index contributed by atoms with van der Waals surface area (Å²) in [4.78, 5) is 19.2. The van der Waals surface area contributed by atoms with Gasteiger partial charge < -0.3 is 4.42 Å². The number of furan rings is 1. The highest BCUT2D eigenvalue weighted by molar-refractivity contribution is 9.10. The highest BCUT2D eigenvalue weighted by atomic mass is 79.9. The summed E-state index contributed by atoms with van der Waals surface area (Å²) in [5, 5.41) is 0.760. The van der Waals surface area contributed by atoms with E-state index in [2.05, 4.69) is 20.9 Å². The van der Waals surface area contributed by atoms with E-state index in [0.717, 1.165) is 21.0 Å². The third kappa shape index (κ3) is 3.49. The van der Waals surface area contributed by atoms with Gasteiger partial charge in [0.05, 0.1) is 4.91 Å². The maximum Gasteiger partial charge on any atom is 0.266 e. The van der Waals surface area contributed by atoms with Gasteiger partial charge in [-0.05, 0) is 49.9 Å². The van der Waals surface area contributed by atoms with Crippen LogP contribution in [0.15, 0.2) is 55.2 Å². The van der Waals surface area contributed by atoms with Crippen molar-refractivity contribution >= 4 is 44.8 Å². The molecule has 3 rings (SSSR count). The first-order chi connectivity index (χ1) is 11.6. The number of aliphatic imine (C=N–C) groups is 1. The third-order valence-electron chi connectivity index (χ3n) is 3.53. The average Bonchev–Trinajstić information content (AvgIpc) is 3.14. The predicted molar refractivity (Wildman–Crippen MR) is 103 cm³/mol. The van der Waals surface area contributed by atoms with Gasteiger partial charge >= 0.3 is 0 Å². The highest BCUT2D eigenvalue weighted by Crippen LogP contribution is 2.33. The lowest BCUT2D eigenvalue weighted by molar-refractivity contribution is -0.122. The Labute approximate surface area is 153 Å². The minimum absolute atomic E-state index is 0.0173. The number of amides is 1. The Hall–Kier alpha value is -1.79. The summed E-state index contributed by atoms with van der Waals surface area (Å²) in [6, 6.07) is 11.7. The molecule has 1 aromatic heterocycles. The van der Waals surface area contributed by atoms with Crippen LogP contribution in [0.25, 0.3) is 17.4 Å². The molecule has 2 heterocycles. The first-order valence-corrected chi connectivity index (χ1v) is 9.35. The molecule has 0 N–H and O–H groups in total. The lowest BCUT2D eigenvalue weighted by atomic mass is 10.2. The van der Waals surface area contributed by atoms with Crippen molar-refractivity contribution < 1.29 is 9.21 Å². The van der Waals surface area contributed by atoms with Crippen LogP contribution in [-0.2, 0) is 4.79 Å². The molecule has 1 aliphatic rings. The molecule has 0 radical (unpaired) electrons. The summed E-state index contributed by atoms with van der Waals surface area (Å²) in [7, 11) is 0. The number of hydrogen-bond acceptors (Lipinski definition) is 4. The molecule has 0 aliphatic carbocycles. The second-order valence-electron chi connectivity index (χ2n) is 5.13. The van der Waals surface area contributed by atoms with Crippen LogP contribution in [0.1, 0.15) is 19.6 Å². The zero-order valence-electron chi connectivity index (χ0n) is 13.5. The average molecular weight is 405 g/mol. The second kappa shape index (κ2) is 7.40. The Kier molecular flexibility index (Phi) is 5.26. The molecule has 0 saturated carbocycles. The van der Waals surface area contributed by atoms with Gasteiger partial charge in [0.2, 0.25) is 0 Å². The van der Waals surface area contributed by atoms with Gasteiger partial charge in [0.15, 0.2) is 5.17 Å². The zero-order valence-corrected chi connectivity index (χ0v) is 15.9. The minimum atomic E-state index is -0.0173. The molecule has 6 heteroatoms. The van der Waals surface area contributed by atoms with Crippen LogP contribution in [0.5, 0.6) is 0 Å². The van der Waals surface area contributed by atoms with Crippen molar-refractivity contribution in [1.82, 2.24) is 4.90 Å². The Morgan fingerprint density at radius 3 is 2.62 bits per heavy atom. The van der Waals surface area contributed by atoms with Gasteiger partial charge in [-0.1, -0.05) is 28.1 Å². The Morgan fingerprint density at radius 2 is 1.96 bits per heavy atom. The molecule has 124 valence electrons. The molecule has 4 nitrogen and oxygen atoms in total. The van der Waals surface area contributed by atoms with E-state index >= 15 is 0 Å². The Balaban J connectivity index is 1.86. The van der Waals surface area contributed by atoms with Crippen molar-refractivity contribution in [2.45, 2.75) is 13.8 Å². The van der Waals surface area contributed by atoms with Crippen LogP contribution in [0.4, 0.5) is 0 Å². The number of carbonyl (C=O) groups is 1. The maximum atomic E-state index is 12.4. The number of benzene rings is 1. The molecule has 24 heavy (non-hydrogen) atoms. The van der Waals surface area contributed by atoms with Crippen LogP contribution < -0.4 is 0 Å². The summed E-state index contributed by atoms with van der Waals surface area (Å²) in [6.07, 6.45) is 1.79. The normalized spacial score (nSPS) is 18.1. The number of rotatable bonds is 4. The zero-order chi connectivity index (χ0) is 17.1. The smallest absolute Gasteiger partial charge is 0.266 e.